The van der Waals surface area contributed by atoms with Gasteiger partial charge < -0.3 is 9.13 Å². The molecule has 0 amide bonds. The van der Waals surface area contributed by atoms with Crippen LogP contribution in [0.5, 0.6) is 0 Å². The van der Waals surface area contributed by atoms with Crippen LogP contribution in [0.2, 0.25) is 0 Å². The lowest BCUT2D eigenvalue weighted by atomic mass is 9.67. The number of rotatable bonds is 9. The quantitative estimate of drug-likeness (QED) is 0.101. The summed E-state index contributed by atoms with van der Waals surface area (Å²) in [6, 6.07) is 113. The Bertz CT molecular complexity index is 4350. The summed E-state index contributed by atoms with van der Waals surface area (Å²) in [4.78, 5) is 0. The van der Waals surface area contributed by atoms with E-state index >= 15 is 0 Å². The molecular formula is C73H50N2Si. The largest absolute Gasteiger partial charge is 0.309 e. The number of aromatic nitrogens is 2. The molecule has 0 fully saturated rings. The van der Waals surface area contributed by atoms with Crippen LogP contribution in [-0.4, -0.2) is 17.2 Å². The van der Waals surface area contributed by atoms with Gasteiger partial charge in [-0.05, 0) is 114 Å². The fourth-order valence-corrected chi connectivity index (χ4v) is 18.2. The first kappa shape index (κ1) is 44.0. The van der Waals surface area contributed by atoms with Crippen LogP contribution in [-0.2, 0) is 5.41 Å². The number of para-hydroxylation sites is 2. The lowest BCUT2D eigenvalue weighted by Crippen LogP contribution is -2.74. The third kappa shape index (κ3) is 6.40. The summed E-state index contributed by atoms with van der Waals surface area (Å²) in [5.74, 6) is 0. The molecule has 356 valence electrons. The summed E-state index contributed by atoms with van der Waals surface area (Å²) < 4.78 is 5.00. The Morgan fingerprint density at radius 2 is 0.737 bits per heavy atom. The normalized spacial score (nSPS) is 12.8. The van der Waals surface area contributed by atoms with Gasteiger partial charge in [-0.15, -0.1) is 0 Å². The summed E-state index contributed by atoms with van der Waals surface area (Å²) in [5, 5.41) is 10.4. The summed E-state index contributed by atoms with van der Waals surface area (Å²) in [7, 11) is -2.71. The van der Waals surface area contributed by atoms with Crippen molar-refractivity contribution in [2.24, 2.45) is 0 Å². The average Bonchev–Trinajstić information content (AvgIpc) is 4.29. The maximum absolute atomic E-state index is 2.71. The smallest absolute Gasteiger partial charge is 0.179 e. The van der Waals surface area contributed by atoms with E-state index in [2.05, 4.69) is 312 Å². The van der Waals surface area contributed by atoms with Crippen molar-refractivity contribution in [1.82, 2.24) is 9.13 Å². The molecule has 14 aromatic rings. The van der Waals surface area contributed by atoms with Gasteiger partial charge in [0.1, 0.15) is 0 Å². The van der Waals surface area contributed by atoms with Gasteiger partial charge in [-0.25, -0.2) is 0 Å². The maximum atomic E-state index is 2.52. The zero-order valence-corrected chi connectivity index (χ0v) is 42.8. The van der Waals surface area contributed by atoms with Crippen molar-refractivity contribution < 1.29 is 0 Å². The molecule has 0 saturated heterocycles. The van der Waals surface area contributed by atoms with Crippen LogP contribution < -0.4 is 20.7 Å². The van der Waals surface area contributed by atoms with E-state index in [1.54, 1.807) is 0 Å². The van der Waals surface area contributed by atoms with Crippen molar-refractivity contribution in [3.05, 3.63) is 326 Å². The molecule has 2 nitrogen and oxygen atoms in total. The molecule has 12 aromatic carbocycles. The fourth-order valence-electron chi connectivity index (χ4n) is 13.4. The Labute approximate surface area is 443 Å². The molecular weight excluding hydrogens is 933 g/mol. The third-order valence-electron chi connectivity index (χ3n) is 16.6. The molecule has 2 aromatic heterocycles. The van der Waals surface area contributed by atoms with Crippen LogP contribution in [0.1, 0.15) is 22.3 Å². The van der Waals surface area contributed by atoms with Gasteiger partial charge in [-0.1, -0.05) is 255 Å². The minimum atomic E-state index is -2.71. The second-order valence-electron chi connectivity index (χ2n) is 20.3. The third-order valence-corrected chi connectivity index (χ3v) is 21.4. The first-order chi connectivity index (χ1) is 37.7. The minimum absolute atomic E-state index is 0.442. The van der Waals surface area contributed by atoms with Gasteiger partial charge in [0.25, 0.3) is 0 Å². The van der Waals surface area contributed by atoms with Crippen molar-refractivity contribution in [3.63, 3.8) is 0 Å². The Morgan fingerprint density at radius 1 is 0.276 bits per heavy atom. The molecule has 1 aliphatic rings. The number of hydrogen-bond donors (Lipinski definition) is 0. The molecule has 0 aliphatic heterocycles. The molecule has 3 heteroatoms. The summed E-state index contributed by atoms with van der Waals surface area (Å²) >= 11 is 0. The molecule has 0 unspecified atom stereocenters. The molecule has 0 N–H and O–H groups in total. The van der Waals surface area contributed by atoms with Gasteiger partial charge in [0.05, 0.1) is 33.2 Å². The van der Waals surface area contributed by atoms with E-state index in [1.807, 2.05) is 0 Å². The second kappa shape index (κ2) is 17.6. The highest BCUT2D eigenvalue weighted by Gasteiger charge is 2.46. The van der Waals surface area contributed by atoms with Crippen LogP contribution in [0.15, 0.2) is 303 Å². The zero-order chi connectivity index (χ0) is 50.2. The number of nitrogens with zero attached hydrogens (tertiary/aromatic N) is 2. The number of fused-ring (bicyclic) bond motifs is 9. The van der Waals surface area contributed by atoms with Gasteiger partial charge in [-0.2, -0.15) is 0 Å². The topological polar surface area (TPSA) is 9.86 Å². The van der Waals surface area contributed by atoms with Crippen LogP contribution in [0.3, 0.4) is 0 Å². The molecule has 0 spiro atoms. The predicted molar refractivity (Wildman–Crippen MR) is 321 cm³/mol. The van der Waals surface area contributed by atoms with Crippen molar-refractivity contribution in [3.8, 4) is 33.6 Å². The van der Waals surface area contributed by atoms with Gasteiger partial charge >= 0.3 is 0 Å². The minimum Gasteiger partial charge on any atom is -0.309 e. The van der Waals surface area contributed by atoms with Crippen molar-refractivity contribution in [2.45, 2.75) is 5.41 Å². The van der Waals surface area contributed by atoms with Gasteiger partial charge in [0.15, 0.2) is 8.07 Å². The number of benzene rings is 12. The van der Waals surface area contributed by atoms with Crippen molar-refractivity contribution in [2.75, 3.05) is 0 Å². The van der Waals surface area contributed by atoms with Crippen molar-refractivity contribution in [1.29, 1.82) is 0 Å². The van der Waals surface area contributed by atoms with Gasteiger partial charge in [0.2, 0.25) is 0 Å². The molecule has 0 saturated carbocycles. The molecule has 0 radical (unpaired) electrons. The standard InChI is InChI=1S/C73H50N2Si/c1-6-23-53(24-7-1)73(54-25-8-2-9-26-54)65-36-19-16-33-60(65)64-49-51(42-48-66(64)73)52-41-47-62-61-34-17-20-37-67(61)75(71(62)50-52)70-40-22-39-69-72(70)63-35-18-21-38-68(63)74(69)55-43-45-59(46-44-55)76(56-27-10-3-11-28-56,57-29-12-4-13-30-57)58-31-14-5-15-32-58/h1-50H. The van der Waals surface area contributed by atoms with Crippen LogP contribution >= 0.6 is 0 Å². The highest BCUT2D eigenvalue weighted by molar-refractivity contribution is 7.19. The van der Waals surface area contributed by atoms with Crippen LogP contribution in [0.4, 0.5) is 0 Å². The van der Waals surface area contributed by atoms with Crippen molar-refractivity contribution >= 4 is 72.4 Å². The van der Waals surface area contributed by atoms with E-state index in [-0.39, 0.29) is 0 Å². The average molecular weight is 983 g/mol. The van der Waals surface area contributed by atoms with Gasteiger partial charge in [-0.3, -0.25) is 0 Å². The van der Waals surface area contributed by atoms with Crippen LogP contribution in [0.25, 0.3) is 77.2 Å². The summed E-state index contributed by atoms with van der Waals surface area (Å²) in [6.07, 6.45) is 0. The Balaban J connectivity index is 0.908. The summed E-state index contributed by atoms with van der Waals surface area (Å²) in [5.41, 5.74) is 16.7. The highest BCUT2D eigenvalue weighted by atomic mass is 28.3. The molecule has 1 aliphatic carbocycles. The van der Waals surface area contributed by atoms with E-state index in [4.69, 9.17) is 0 Å². The zero-order valence-electron chi connectivity index (χ0n) is 41.8. The maximum Gasteiger partial charge on any atom is 0.179 e. The lowest BCUT2D eigenvalue weighted by Gasteiger charge is -2.34. The SMILES string of the molecule is c1ccc(C2(c3ccccc3)c3ccccc3-c3cc(-c4ccc5c6ccccc6n(-c6cccc7c6c6ccccc6n7-c6ccc([Si](c7ccccc7)(c7ccccc7)c7ccccc7)cc6)c5c4)ccc32)cc1. The van der Waals surface area contributed by atoms with E-state index < -0.39 is 13.5 Å². The molecule has 76 heavy (non-hydrogen) atoms. The fraction of sp³-hybridized carbons (Fsp3) is 0.0137. The first-order valence-electron chi connectivity index (χ1n) is 26.4. The first-order valence-corrected chi connectivity index (χ1v) is 28.4. The highest BCUT2D eigenvalue weighted by Crippen LogP contribution is 2.56. The molecule has 0 atom stereocenters. The Hall–Kier alpha value is -9.54. The monoisotopic (exact) mass is 982 g/mol. The molecule has 2 heterocycles. The predicted octanol–water partition coefficient (Wildman–Crippen LogP) is 15.3. The molecule has 15 rings (SSSR count). The number of hydrogen-bond acceptors (Lipinski definition) is 0. The Morgan fingerprint density at radius 3 is 1.37 bits per heavy atom. The van der Waals surface area contributed by atoms with Gasteiger partial charge in [0, 0.05) is 27.2 Å². The Kier molecular flexibility index (Phi) is 10.2. The van der Waals surface area contributed by atoms with E-state index in [9.17, 15) is 0 Å². The second-order valence-corrected chi connectivity index (χ2v) is 24.1. The van der Waals surface area contributed by atoms with E-state index in [1.165, 1.54) is 109 Å². The van der Waals surface area contributed by atoms with E-state index in [0.717, 1.165) is 11.4 Å². The van der Waals surface area contributed by atoms with E-state index in [0.29, 0.717) is 0 Å². The lowest BCUT2D eigenvalue weighted by molar-refractivity contribution is 0.768. The summed E-state index contributed by atoms with van der Waals surface area (Å²) in [6.45, 7) is 0. The molecule has 0 bridgehead atoms. The van der Waals surface area contributed by atoms with Crippen LogP contribution in [0, 0.1) is 0 Å².